The monoisotopic (exact) mass is 258 g/mol. The zero-order chi connectivity index (χ0) is 12.8. The fourth-order valence-corrected chi connectivity index (χ4v) is 3.72. The Hall–Kier alpha value is -0.200. The van der Waals surface area contributed by atoms with Crippen molar-refractivity contribution < 1.29 is 24.4 Å². The maximum absolute atomic E-state index is 9.59. The average molecular weight is 258 g/mol. The third kappa shape index (κ3) is 1.65. The number of aliphatic hydroxyl groups is 1. The zero-order valence-electron chi connectivity index (χ0n) is 11.1. The summed E-state index contributed by atoms with van der Waals surface area (Å²) in [5.41, 5.74) is -0.490. The molecule has 3 aliphatic heterocycles. The summed E-state index contributed by atoms with van der Waals surface area (Å²) in [6, 6.07) is 0. The normalized spacial score (nSPS) is 51.8. The van der Waals surface area contributed by atoms with Gasteiger partial charge < -0.3 is 14.6 Å². The van der Waals surface area contributed by atoms with Crippen LogP contribution < -0.4 is 0 Å². The first-order valence-electron chi connectivity index (χ1n) is 6.83. The molecule has 3 saturated heterocycles. The number of fused-ring (bicyclic) bond motifs is 3. The number of aliphatic hydroxyl groups excluding tert-OH is 1. The van der Waals surface area contributed by atoms with Crippen LogP contribution in [0.25, 0.3) is 0 Å². The van der Waals surface area contributed by atoms with Gasteiger partial charge in [0.2, 0.25) is 5.79 Å². The second-order valence-corrected chi connectivity index (χ2v) is 5.88. The molecule has 0 aromatic rings. The van der Waals surface area contributed by atoms with Gasteiger partial charge in [0.1, 0.15) is 0 Å². The van der Waals surface area contributed by atoms with Gasteiger partial charge in [-0.2, -0.15) is 0 Å². The quantitative estimate of drug-likeness (QED) is 0.762. The number of hydrogen-bond donors (Lipinski definition) is 1. The summed E-state index contributed by atoms with van der Waals surface area (Å²) >= 11 is 0. The Morgan fingerprint density at radius 1 is 1.33 bits per heavy atom. The summed E-state index contributed by atoms with van der Waals surface area (Å²) in [6.07, 6.45) is 4.74. The minimum atomic E-state index is -0.905. The van der Waals surface area contributed by atoms with E-state index in [0.717, 1.165) is 25.7 Å². The van der Waals surface area contributed by atoms with E-state index in [9.17, 15) is 5.11 Å². The molecule has 0 amide bonds. The van der Waals surface area contributed by atoms with E-state index in [0.29, 0.717) is 5.92 Å². The first-order chi connectivity index (χ1) is 8.64. The van der Waals surface area contributed by atoms with E-state index < -0.39 is 17.7 Å². The van der Waals surface area contributed by atoms with Gasteiger partial charge in [-0.05, 0) is 32.1 Å². The molecule has 0 radical (unpaired) electrons. The first-order valence-corrected chi connectivity index (χ1v) is 6.83. The second-order valence-electron chi connectivity index (χ2n) is 5.88. The van der Waals surface area contributed by atoms with Gasteiger partial charge in [0.15, 0.2) is 11.9 Å². The Morgan fingerprint density at radius 2 is 2.17 bits per heavy atom. The van der Waals surface area contributed by atoms with Crippen LogP contribution in [0.4, 0.5) is 0 Å². The fourth-order valence-electron chi connectivity index (χ4n) is 3.72. The molecular weight excluding hydrogens is 236 g/mol. The molecular formula is C13H22O5. The lowest BCUT2D eigenvalue weighted by molar-refractivity contribution is -0.554. The fraction of sp³-hybridized carbons (Fsp3) is 1.00. The van der Waals surface area contributed by atoms with Crippen LogP contribution in [0.1, 0.15) is 39.0 Å². The maximum atomic E-state index is 9.59. The van der Waals surface area contributed by atoms with Crippen LogP contribution in [0.15, 0.2) is 0 Å². The molecule has 1 spiro atoms. The molecule has 3 heterocycles. The van der Waals surface area contributed by atoms with E-state index in [4.69, 9.17) is 19.2 Å². The smallest absolute Gasteiger partial charge is 0.206 e. The molecule has 2 unspecified atom stereocenters. The highest BCUT2D eigenvalue weighted by molar-refractivity contribution is 5.01. The van der Waals surface area contributed by atoms with Gasteiger partial charge >= 0.3 is 0 Å². The van der Waals surface area contributed by atoms with Gasteiger partial charge in [-0.15, -0.1) is 0 Å². The van der Waals surface area contributed by atoms with Gasteiger partial charge in [-0.25, -0.2) is 9.78 Å². The molecule has 5 heteroatoms. The van der Waals surface area contributed by atoms with Gasteiger partial charge in [0, 0.05) is 13.0 Å². The molecule has 18 heavy (non-hydrogen) atoms. The van der Waals surface area contributed by atoms with Crippen molar-refractivity contribution in [3.63, 3.8) is 0 Å². The standard InChI is InChI=1S/C13H22O5/c1-12-10(8-14)7-9-5-3-4-6-13(9,18-17-12)11(15-2)16-12/h9-11,14H,3-8H2,1-2H3/t9-,10?,11?,12-,13+/m1/s1. The van der Waals surface area contributed by atoms with Crippen LogP contribution >= 0.6 is 0 Å². The van der Waals surface area contributed by atoms with Gasteiger partial charge in [0.05, 0.1) is 6.61 Å². The van der Waals surface area contributed by atoms with Crippen molar-refractivity contribution >= 4 is 0 Å². The lowest BCUT2D eigenvalue weighted by Crippen LogP contribution is -2.60. The van der Waals surface area contributed by atoms with Gasteiger partial charge in [0.25, 0.3) is 0 Å². The highest BCUT2D eigenvalue weighted by Crippen LogP contribution is 2.53. The molecule has 4 rings (SSSR count). The zero-order valence-corrected chi connectivity index (χ0v) is 11.1. The van der Waals surface area contributed by atoms with Crippen molar-refractivity contribution in [1.82, 2.24) is 0 Å². The number of ether oxygens (including phenoxy) is 2. The molecule has 0 aromatic carbocycles. The van der Waals surface area contributed by atoms with E-state index in [1.54, 1.807) is 7.11 Å². The Kier molecular flexibility index (Phi) is 3.15. The summed E-state index contributed by atoms with van der Waals surface area (Å²) < 4.78 is 11.5. The van der Waals surface area contributed by atoms with Crippen LogP contribution in [-0.4, -0.2) is 36.5 Å². The summed E-state index contributed by atoms with van der Waals surface area (Å²) in [4.78, 5) is 11.3. The van der Waals surface area contributed by atoms with E-state index in [2.05, 4.69) is 0 Å². The largest absolute Gasteiger partial charge is 0.396 e. The van der Waals surface area contributed by atoms with Crippen LogP contribution in [0.2, 0.25) is 0 Å². The molecule has 104 valence electrons. The summed E-state index contributed by atoms with van der Waals surface area (Å²) in [5, 5.41) is 9.59. The molecule has 4 fully saturated rings. The molecule has 4 aliphatic rings. The van der Waals surface area contributed by atoms with Crippen molar-refractivity contribution in [1.29, 1.82) is 0 Å². The van der Waals surface area contributed by atoms with Crippen LogP contribution in [0.3, 0.4) is 0 Å². The van der Waals surface area contributed by atoms with Crippen LogP contribution in [0, 0.1) is 11.8 Å². The van der Waals surface area contributed by atoms with Crippen molar-refractivity contribution in [2.45, 2.75) is 56.7 Å². The molecule has 5 atom stereocenters. The van der Waals surface area contributed by atoms with Gasteiger partial charge in [-0.1, -0.05) is 12.8 Å². The van der Waals surface area contributed by atoms with E-state index in [1.165, 1.54) is 6.42 Å². The third-order valence-corrected chi connectivity index (χ3v) is 4.91. The van der Waals surface area contributed by atoms with Crippen LogP contribution in [0.5, 0.6) is 0 Å². The van der Waals surface area contributed by atoms with Crippen molar-refractivity contribution in [3.8, 4) is 0 Å². The summed E-state index contributed by atoms with van der Waals surface area (Å²) in [5.74, 6) is -0.641. The van der Waals surface area contributed by atoms with Crippen molar-refractivity contribution in [3.05, 3.63) is 0 Å². The predicted octanol–water partition coefficient (Wildman–Crippen LogP) is 1.59. The Morgan fingerprint density at radius 3 is 2.89 bits per heavy atom. The molecule has 0 aromatic heterocycles. The molecule has 1 aliphatic carbocycles. The molecule has 2 bridgehead atoms. The van der Waals surface area contributed by atoms with Gasteiger partial charge in [-0.3, -0.25) is 0 Å². The highest BCUT2D eigenvalue weighted by Gasteiger charge is 2.62. The predicted molar refractivity (Wildman–Crippen MR) is 62.3 cm³/mol. The molecule has 5 nitrogen and oxygen atoms in total. The Balaban J connectivity index is 1.99. The minimum Gasteiger partial charge on any atom is -0.396 e. The SMILES string of the molecule is COC1O[C@]2(C)OO[C@]13CCCC[C@@H]3CC2CO. The topological polar surface area (TPSA) is 57.2 Å². The first kappa shape index (κ1) is 12.8. The number of hydrogen-bond acceptors (Lipinski definition) is 5. The number of methoxy groups -OCH3 is 1. The minimum absolute atomic E-state index is 0.0445. The lowest BCUT2D eigenvalue weighted by Gasteiger charge is -2.49. The molecule has 1 saturated carbocycles. The second kappa shape index (κ2) is 4.42. The Labute approximate surface area is 107 Å². The third-order valence-electron chi connectivity index (χ3n) is 4.91. The highest BCUT2D eigenvalue weighted by atomic mass is 17.3. The van der Waals surface area contributed by atoms with Crippen LogP contribution in [-0.2, 0) is 19.2 Å². The summed E-state index contributed by atoms with van der Waals surface area (Å²) in [6.45, 7) is 1.87. The van der Waals surface area contributed by atoms with E-state index in [1.807, 2.05) is 6.92 Å². The summed E-state index contributed by atoms with van der Waals surface area (Å²) in [7, 11) is 1.65. The molecule has 1 N–H and O–H groups in total. The average Bonchev–Trinajstić information content (AvgIpc) is 2.59. The van der Waals surface area contributed by atoms with Crippen molar-refractivity contribution in [2.75, 3.05) is 13.7 Å². The van der Waals surface area contributed by atoms with E-state index >= 15 is 0 Å². The van der Waals surface area contributed by atoms with E-state index in [-0.39, 0.29) is 12.5 Å². The maximum Gasteiger partial charge on any atom is 0.206 e. The van der Waals surface area contributed by atoms with Crippen molar-refractivity contribution in [2.24, 2.45) is 11.8 Å². The lowest BCUT2D eigenvalue weighted by atomic mass is 9.71. The Bertz CT molecular complexity index is 323. The number of rotatable bonds is 2.